The topological polar surface area (TPSA) is 190 Å². The van der Waals surface area contributed by atoms with Crippen LogP contribution in [-0.4, -0.2) is 53.0 Å². The maximum atomic E-state index is 11.4. The average molecular weight is 334 g/mol. The van der Waals surface area contributed by atoms with Gasteiger partial charge >= 0.3 is 27.1 Å². The number of hydrogen-bond acceptors (Lipinski definition) is 4. The Kier molecular flexibility index (Phi) is 6.10. The normalized spacial score (nSPS) is 17.2. The quantitative estimate of drug-likeness (QED) is 0.320. The molecular weight excluding hydrogens is 318 g/mol. The van der Waals surface area contributed by atoms with E-state index in [0.717, 1.165) is 6.92 Å². The summed E-state index contributed by atoms with van der Waals surface area (Å²) in [6.07, 6.45) is -3.05. The minimum absolute atomic E-state index is 0.943. The van der Waals surface area contributed by atoms with Crippen molar-refractivity contribution in [3.63, 3.8) is 0 Å². The van der Waals surface area contributed by atoms with Crippen molar-refractivity contribution < 1.29 is 48.5 Å². The molecule has 0 bridgehead atoms. The van der Waals surface area contributed by atoms with Crippen molar-refractivity contribution in [1.29, 1.82) is 0 Å². The Bertz CT molecular complexity index is 476. The Morgan fingerprint density at radius 3 is 1.80 bits per heavy atom. The van der Waals surface area contributed by atoms with Gasteiger partial charge in [0.15, 0.2) is 5.16 Å². The SMILES string of the molecule is CC(CC(CCP(=O)(O)O)(C(=O)O)P(=O)(O)O)C(=O)O. The summed E-state index contributed by atoms with van der Waals surface area (Å²) >= 11 is 0. The van der Waals surface area contributed by atoms with E-state index < -0.39 is 57.2 Å². The molecule has 0 rings (SSSR count). The van der Waals surface area contributed by atoms with Gasteiger partial charge in [-0.25, -0.2) is 0 Å². The highest BCUT2D eigenvalue weighted by Crippen LogP contribution is 2.57. The van der Waals surface area contributed by atoms with Crippen molar-refractivity contribution in [2.75, 3.05) is 6.16 Å². The van der Waals surface area contributed by atoms with Crippen LogP contribution in [0.1, 0.15) is 19.8 Å². The second-order valence-corrected chi connectivity index (χ2v) is 8.18. The van der Waals surface area contributed by atoms with Crippen LogP contribution in [0.3, 0.4) is 0 Å². The number of carbonyl (C=O) groups is 2. The minimum Gasteiger partial charge on any atom is -0.481 e. The second-order valence-electron chi connectivity index (χ2n) is 4.46. The van der Waals surface area contributed by atoms with Crippen LogP contribution in [0.5, 0.6) is 0 Å². The van der Waals surface area contributed by atoms with Crippen LogP contribution >= 0.6 is 15.2 Å². The average Bonchev–Trinajstić information content (AvgIpc) is 2.19. The molecule has 0 heterocycles. The highest BCUT2D eigenvalue weighted by molar-refractivity contribution is 7.55. The van der Waals surface area contributed by atoms with Crippen molar-refractivity contribution in [3.05, 3.63) is 0 Å². The molecule has 10 nitrogen and oxygen atoms in total. The third-order valence-electron chi connectivity index (χ3n) is 2.84. The summed E-state index contributed by atoms with van der Waals surface area (Å²) < 4.78 is 22.2. The Morgan fingerprint density at radius 2 is 1.55 bits per heavy atom. The first kappa shape index (κ1) is 19.2. The first-order chi connectivity index (χ1) is 8.73. The monoisotopic (exact) mass is 334 g/mol. The van der Waals surface area contributed by atoms with Crippen molar-refractivity contribution in [2.45, 2.75) is 24.9 Å². The Balaban J connectivity index is 5.62. The smallest absolute Gasteiger partial charge is 0.342 e. The molecule has 0 aromatic rings. The predicted octanol–water partition coefficient (Wildman–Crippen LogP) is -0.334. The first-order valence-corrected chi connectivity index (χ1v) is 8.70. The third-order valence-corrected chi connectivity index (χ3v) is 5.36. The third kappa shape index (κ3) is 4.97. The van der Waals surface area contributed by atoms with Gasteiger partial charge in [0, 0.05) is 0 Å². The molecule has 118 valence electrons. The summed E-state index contributed by atoms with van der Waals surface area (Å²) in [6, 6.07) is 0. The number of aliphatic carboxylic acids is 2. The van der Waals surface area contributed by atoms with E-state index in [2.05, 4.69) is 0 Å². The molecule has 0 aromatic carbocycles. The van der Waals surface area contributed by atoms with E-state index in [9.17, 15) is 28.5 Å². The molecule has 0 radical (unpaired) electrons. The van der Waals surface area contributed by atoms with E-state index in [-0.39, 0.29) is 0 Å². The van der Waals surface area contributed by atoms with Gasteiger partial charge in [-0.3, -0.25) is 18.7 Å². The molecule has 0 aliphatic rings. The standard InChI is InChI=1S/C8H16O10P2/c1-5(6(9)10)4-8(7(11)12,20(16,17)18)2-3-19(13,14)15/h5H,2-4H2,1H3,(H,9,10)(H,11,12)(H2,13,14,15)(H2,16,17,18). The van der Waals surface area contributed by atoms with Gasteiger partial charge < -0.3 is 29.8 Å². The van der Waals surface area contributed by atoms with Crippen LogP contribution in [0, 0.1) is 5.92 Å². The minimum atomic E-state index is -5.35. The number of hydrogen-bond donors (Lipinski definition) is 6. The molecule has 20 heavy (non-hydrogen) atoms. The molecule has 0 spiro atoms. The maximum absolute atomic E-state index is 11.4. The molecule has 0 saturated heterocycles. The van der Waals surface area contributed by atoms with E-state index in [0.29, 0.717) is 0 Å². The zero-order chi connectivity index (χ0) is 16.4. The molecule has 0 fully saturated rings. The van der Waals surface area contributed by atoms with Crippen molar-refractivity contribution in [1.82, 2.24) is 0 Å². The van der Waals surface area contributed by atoms with Crippen LogP contribution in [0.2, 0.25) is 0 Å². The lowest BCUT2D eigenvalue weighted by atomic mass is 9.92. The fourth-order valence-electron chi connectivity index (χ4n) is 1.61. The van der Waals surface area contributed by atoms with E-state index >= 15 is 0 Å². The Labute approximate surface area is 113 Å². The van der Waals surface area contributed by atoms with Crippen LogP contribution < -0.4 is 0 Å². The van der Waals surface area contributed by atoms with Crippen molar-refractivity contribution >= 4 is 27.1 Å². The van der Waals surface area contributed by atoms with Gasteiger partial charge in [-0.2, -0.15) is 0 Å². The van der Waals surface area contributed by atoms with Crippen LogP contribution in [-0.2, 0) is 18.7 Å². The molecule has 0 aliphatic heterocycles. The molecular formula is C8H16O10P2. The molecule has 6 N–H and O–H groups in total. The summed E-state index contributed by atoms with van der Waals surface area (Å²) in [7, 11) is -10.0. The van der Waals surface area contributed by atoms with Crippen molar-refractivity contribution in [3.8, 4) is 0 Å². The zero-order valence-corrected chi connectivity index (χ0v) is 12.2. The van der Waals surface area contributed by atoms with Gasteiger partial charge in [-0.05, 0) is 12.8 Å². The fraction of sp³-hybridized carbons (Fsp3) is 0.750. The van der Waals surface area contributed by atoms with Gasteiger partial charge in [-0.1, -0.05) is 6.92 Å². The van der Waals surface area contributed by atoms with Gasteiger partial charge in [0.25, 0.3) is 0 Å². The summed E-state index contributed by atoms with van der Waals surface area (Å²) in [5, 5.41) is 14.9. The largest absolute Gasteiger partial charge is 0.481 e. The van der Waals surface area contributed by atoms with Crippen LogP contribution in [0.25, 0.3) is 0 Å². The highest BCUT2D eigenvalue weighted by atomic mass is 31.2. The summed E-state index contributed by atoms with van der Waals surface area (Å²) in [5.74, 6) is -4.87. The van der Waals surface area contributed by atoms with E-state index in [1.165, 1.54) is 0 Å². The van der Waals surface area contributed by atoms with Crippen LogP contribution in [0.4, 0.5) is 0 Å². The number of carboxylic acid groups (broad SMARTS) is 2. The highest BCUT2D eigenvalue weighted by Gasteiger charge is 2.55. The molecule has 0 aliphatic carbocycles. The Morgan fingerprint density at radius 1 is 1.10 bits per heavy atom. The lowest BCUT2D eigenvalue weighted by Gasteiger charge is -2.31. The molecule has 0 saturated carbocycles. The van der Waals surface area contributed by atoms with Crippen LogP contribution in [0.15, 0.2) is 0 Å². The molecule has 0 aromatic heterocycles. The fourth-order valence-corrected chi connectivity index (χ4v) is 3.62. The first-order valence-electron chi connectivity index (χ1n) is 5.29. The van der Waals surface area contributed by atoms with Gasteiger partial charge in [0.2, 0.25) is 0 Å². The molecule has 0 amide bonds. The second kappa shape index (κ2) is 6.34. The maximum Gasteiger partial charge on any atom is 0.342 e. The van der Waals surface area contributed by atoms with Gasteiger partial charge in [0.1, 0.15) is 0 Å². The summed E-state index contributed by atoms with van der Waals surface area (Å²) in [6.45, 7) is 1.05. The Hall–Kier alpha value is -0.760. The van der Waals surface area contributed by atoms with E-state index in [1.54, 1.807) is 0 Å². The lowest BCUT2D eigenvalue weighted by molar-refractivity contribution is -0.144. The van der Waals surface area contributed by atoms with E-state index in [1.807, 2.05) is 0 Å². The molecule has 2 unspecified atom stereocenters. The van der Waals surface area contributed by atoms with Crippen molar-refractivity contribution in [2.24, 2.45) is 5.92 Å². The summed E-state index contributed by atoms with van der Waals surface area (Å²) in [5.41, 5.74) is 0. The van der Waals surface area contributed by atoms with E-state index in [4.69, 9.17) is 20.0 Å². The number of carboxylic acids is 2. The van der Waals surface area contributed by atoms with Gasteiger partial charge in [0.05, 0.1) is 12.1 Å². The summed E-state index contributed by atoms with van der Waals surface area (Å²) in [4.78, 5) is 57.8. The molecule has 2 atom stereocenters. The number of rotatable bonds is 8. The van der Waals surface area contributed by atoms with Gasteiger partial charge in [-0.15, -0.1) is 0 Å². The molecule has 12 heteroatoms. The predicted molar refractivity (Wildman–Crippen MR) is 65.4 cm³/mol. The zero-order valence-electron chi connectivity index (χ0n) is 10.4. The lowest BCUT2D eigenvalue weighted by Crippen LogP contribution is -2.42.